The highest BCUT2D eigenvalue weighted by Crippen LogP contribution is 2.40. The molecule has 7 heteroatoms. The molecular formula is C20H28N2O4S. The summed E-state index contributed by atoms with van der Waals surface area (Å²) in [7, 11) is -3.26. The monoisotopic (exact) mass is 392 g/mol. The standard InChI is InChI=1S/C20H28N2O4S/c1-27(25,26)17-8-5-15(6-9-17)20(12-3-2-4-13-20)19(24)22-16-7-10-18(23)21-14-11-16/h5-6,8-9,16H,2-4,7,10-14H2,1H3,(H,21,23)(H,22,24). The van der Waals surface area contributed by atoms with Crippen LogP contribution in [0.25, 0.3) is 0 Å². The third kappa shape index (κ3) is 4.51. The number of benzene rings is 1. The molecule has 1 aliphatic heterocycles. The minimum absolute atomic E-state index is 0.00801. The van der Waals surface area contributed by atoms with Gasteiger partial charge in [-0.1, -0.05) is 31.4 Å². The minimum Gasteiger partial charge on any atom is -0.356 e. The molecule has 148 valence electrons. The third-order valence-electron chi connectivity index (χ3n) is 5.85. The number of nitrogens with one attached hydrogen (secondary N) is 2. The molecule has 3 rings (SSSR count). The molecule has 2 aliphatic rings. The number of sulfone groups is 1. The van der Waals surface area contributed by atoms with Crippen molar-refractivity contribution in [1.82, 2.24) is 10.6 Å². The van der Waals surface area contributed by atoms with Gasteiger partial charge in [-0.2, -0.15) is 0 Å². The highest BCUT2D eigenvalue weighted by atomic mass is 32.2. The summed E-state index contributed by atoms with van der Waals surface area (Å²) in [6, 6.07) is 6.77. The summed E-state index contributed by atoms with van der Waals surface area (Å²) >= 11 is 0. The second kappa shape index (κ2) is 8.00. The zero-order valence-corrected chi connectivity index (χ0v) is 16.6. The number of rotatable bonds is 4. The van der Waals surface area contributed by atoms with Gasteiger partial charge in [0.05, 0.1) is 10.3 Å². The minimum atomic E-state index is -3.26. The number of carbonyl (C=O) groups is 2. The summed E-state index contributed by atoms with van der Waals surface area (Å²) in [5.74, 6) is 0.0455. The summed E-state index contributed by atoms with van der Waals surface area (Å²) in [5.41, 5.74) is 0.271. The molecule has 1 heterocycles. The van der Waals surface area contributed by atoms with Crippen LogP contribution in [-0.2, 0) is 24.8 Å². The molecule has 2 amide bonds. The Bertz CT molecular complexity index is 796. The highest BCUT2D eigenvalue weighted by Gasteiger charge is 2.41. The fraction of sp³-hybridized carbons (Fsp3) is 0.600. The Kier molecular flexibility index (Phi) is 5.89. The first-order valence-electron chi connectivity index (χ1n) is 9.69. The topological polar surface area (TPSA) is 92.3 Å². The molecule has 2 N–H and O–H groups in total. The van der Waals surface area contributed by atoms with Crippen molar-refractivity contribution in [2.75, 3.05) is 12.8 Å². The molecule has 6 nitrogen and oxygen atoms in total. The largest absolute Gasteiger partial charge is 0.356 e. The van der Waals surface area contributed by atoms with Crippen molar-refractivity contribution in [1.29, 1.82) is 0 Å². The molecule has 1 saturated heterocycles. The summed E-state index contributed by atoms with van der Waals surface area (Å²) in [6.07, 6.45) is 7.60. The van der Waals surface area contributed by atoms with E-state index in [-0.39, 0.29) is 22.8 Å². The van der Waals surface area contributed by atoms with Crippen molar-refractivity contribution in [3.63, 3.8) is 0 Å². The first-order valence-corrected chi connectivity index (χ1v) is 11.6. The van der Waals surface area contributed by atoms with Crippen molar-refractivity contribution in [2.45, 2.75) is 67.7 Å². The van der Waals surface area contributed by atoms with Gasteiger partial charge in [0.2, 0.25) is 11.8 Å². The van der Waals surface area contributed by atoms with Crippen LogP contribution in [0.15, 0.2) is 29.2 Å². The molecule has 1 aromatic carbocycles. The van der Waals surface area contributed by atoms with Gasteiger partial charge >= 0.3 is 0 Å². The molecule has 2 fully saturated rings. The maximum absolute atomic E-state index is 13.3. The zero-order chi connectivity index (χ0) is 19.5. The van der Waals surface area contributed by atoms with Gasteiger partial charge in [0, 0.05) is 25.3 Å². The molecule has 0 spiro atoms. The first kappa shape index (κ1) is 19.9. The average molecular weight is 393 g/mol. The van der Waals surface area contributed by atoms with Crippen LogP contribution in [0.2, 0.25) is 0 Å². The van der Waals surface area contributed by atoms with Crippen LogP contribution in [-0.4, -0.2) is 39.1 Å². The van der Waals surface area contributed by atoms with Crippen LogP contribution in [0, 0.1) is 0 Å². The van der Waals surface area contributed by atoms with Gasteiger partial charge in [-0.25, -0.2) is 8.42 Å². The lowest BCUT2D eigenvalue weighted by Gasteiger charge is -2.37. The van der Waals surface area contributed by atoms with Gasteiger partial charge in [0.25, 0.3) is 0 Å². The molecular weight excluding hydrogens is 364 g/mol. The predicted octanol–water partition coefficient (Wildman–Crippen LogP) is 2.08. The molecule has 1 aromatic rings. The van der Waals surface area contributed by atoms with E-state index in [1.54, 1.807) is 24.3 Å². The molecule has 0 aromatic heterocycles. The van der Waals surface area contributed by atoms with Crippen molar-refractivity contribution in [3.8, 4) is 0 Å². The van der Waals surface area contributed by atoms with Crippen molar-refractivity contribution < 1.29 is 18.0 Å². The van der Waals surface area contributed by atoms with Crippen LogP contribution >= 0.6 is 0 Å². The number of carbonyl (C=O) groups excluding carboxylic acids is 2. The fourth-order valence-electron chi connectivity index (χ4n) is 4.22. The first-order chi connectivity index (χ1) is 12.8. The van der Waals surface area contributed by atoms with Crippen LogP contribution in [0.5, 0.6) is 0 Å². The normalized spacial score (nSPS) is 23.1. The van der Waals surface area contributed by atoms with Crippen LogP contribution in [0.4, 0.5) is 0 Å². The van der Waals surface area contributed by atoms with E-state index in [9.17, 15) is 18.0 Å². The van der Waals surface area contributed by atoms with E-state index in [2.05, 4.69) is 10.6 Å². The van der Waals surface area contributed by atoms with Gasteiger partial charge in [-0.15, -0.1) is 0 Å². The fourth-order valence-corrected chi connectivity index (χ4v) is 4.85. The molecule has 1 unspecified atom stereocenters. The third-order valence-corrected chi connectivity index (χ3v) is 6.98. The quantitative estimate of drug-likeness (QED) is 0.820. The van der Waals surface area contributed by atoms with Gasteiger partial charge in [0.15, 0.2) is 9.84 Å². The highest BCUT2D eigenvalue weighted by molar-refractivity contribution is 7.90. The Hall–Kier alpha value is -1.89. The van der Waals surface area contributed by atoms with Gasteiger partial charge in [-0.3, -0.25) is 9.59 Å². The number of amides is 2. The molecule has 1 aliphatic carbocycles. The van der Waals surface area contributed by atoms with Crippen LogP contribution in [0.3, 0.4) is 0 Å². The summed E-state index contributed by atoms with van der Waals surface area (Å²) in [5, 5.41) is 6.03. The lowest BCUT2D eigenvalue weighted by molar-refractivity contribution is -0.129. The van der Waals surface area contributed by atoms with Crippen molar-refractivity contribution in [2.24, 2.45) is 0 Å². The SMILES string of the molecule is CS(=O)(=O)c1ccc(C2(C(=O)NC3CCNC(=O)CC3)CCCCC2)cc1. The summed E-state index contributed by atoms with van der Waals surface area (Å²) in [6.45, 7) is 0.583. The van der Waals surface area contributed by atoms with E-state index in [1.165, 1.54) is 6.26 Å². The Labute approximate surface area is 161 Å². The maximum atomic E-state index is 13.3. The predicted molar refractivity (Wildman–Crippen MR) is 103 cm³/mol. The van der Waals surface area contributed by atoms with Crippen molar-refractivity contribution >= 4 is 21.7 Å². The lowest BCUT2D eigenvalue weighted by Crippen LogP contribution is -2.49. The van der Waals surface area contributed by atoms with Gasteiger partial charge in [-0.05, 0) is 43.4 Å². The Balaban J connectivity index is 1.83. The molecule has 0 radical (unpaired) electrons. The zero-order valence-electron chi connectivity index (χ0n) is 15.8. The maximum Gasteiger partial charge on any atom is 0.230 e. The summed E-state index contributed by atoms with van der Waals surface area (Å²) in [4.78, 5) is 25.1. The number of hydrogen-bond donors (Lipinski definition) is 2. The van der Waals surface area contributed by atoms with E-state index in [0.29, 0.717) is 19.4 Å². The van der Waals surface area contributed by atoms with E-state index in [1.807, 2.05) is 0 Å². The molecule has 27 heavy (non-hydrogen) atoms. The average Bonchev–Trinajstić information content (AvgIpc) is 2.86. The summed E-state index contributed by atoms with van der Waals surface area (Å²) < 4.78 is 23.5. The molecule has 1 saturated carbocycles. The second-order valence-electron chi connectivity index (χ2n) is 7.79. The van der Waals surface area contributed by atoms with Crippen molar-refractivity contribution in [3.05, 3.63) is 29.8 Å². The Morgan fingerprint density at radius 1 is 1.11 bits per heavy atom. The molecule has 0 bridgehead atoms. The van der Waals surface area contributed by atoms with E-state index >= 15 is 0 Å². The second-order valence-corrected chi connectivity index (χ2v) is 9.80. The Morgan fingerprint density at radius 3 is 2.41 bits per heavy atom. The van der Waals surface area contributed by atoms with E-state index in [4.69, 9.17) is 0 Å². The van der Waals surface area contributed by atoms with Crippen LogP contribution < -0.4 is 10.6 Å². The lowest BCUT2D eigenvalue weighted by atomic mass is 9.68. The van der Waals surface area contributed by atoms with E-state index < -0.39 is 15.3 Å². The van der Waals surface area contributed by atoms with Gasteiger partial charge in [0.1, 0.15) is 0 Å². The Morgan fingerprint density at radius 2 is 1.78 bits per heavy atom. The molecule has 1 atom stereocenters. The van der Waals surface area contributed by atoms with Gasteiger partial charge < -0.3 is 10.6 Å². The van der Waals surface area contributed by atoms with E-state index in [0.717, 1.165) is 44.1 Å². The number of hydrogen-bond acceptors (Lipinski definition) is 4. The smallest absolute Gasteiger partial charge is 0.230 e. The van der Waals surface area contributed by atoms with Crippen LogP contribution in [0.1, 0.15) is 56.9 Å².